The van der Waals surface area contributed by atoms with E-state index in [4.69, 9.17) is 11.6 Å². The third kappa shape index (κ3) is 5.46. The maximum absolute atomic E-state index is 12.0. The molecule has 0 saturated heterocycles. The first-order valence-corrected chi connectivity index (χ1v) is 9.89. The van der Waals surface area contributed by atoms with Crippen LogP contribution >= 0.6 is 46.5 Å². The molecule has 0 aliphatic rings. The molecule has 0 saturated carbocycles. The number of carbonyl (C=O) groups is 1. The van der Waals surface area contributed by atoms with E-state index in [2.05, 4.69) is 22.4 Å². The summed E-state index contributed by atoms with van der Waals surface area (Å²) in [6.07, 6.45) is 0. The molecule has 1 aromatic carbocycles. The normalized spacial score (nSPS) is 12.1. The molecule has 22 heavy (non-hydrogen) atoms. The predicted molar refractivity (Wildman–Crippen MR) is 95.0 cm³/mol. The summed E-state index contributed by atoms with van der Waals surface area (Å²) in [5.74, 6) is 1.29. The van der Waals surface area contributed by atoms with Gasteiger partial charge in [-0.05, 0) is 30.4 Å². The molecule has 118 valence electrons. The van der Waals surface area contributed by atoms with Crippen molar-refractivity contribution in [2.45, 2.75) is 28.6 Å². The maximum Gasteiger partial charge on any atom is 0.230 e. The molecule has 0 aliphatic carbocycles. The van der Waals surface area contributed by atoms with Gasteiger partial charge in [0.25, 0.3) is 0 Å². The van der Waals surface area contributed by atoms with Crippen molar-refractivity contribution < 1.29 is 4.79 Å². The molecular formula is C14H16ClN3OS3. The Morgan fingerprint density at radius 1 is 1.27 bits per heavy atom. The summed E-state index contributed by atoms with van der Waals surface area (Å²) in [4.78, 5) is 12.0. The highest BCUT2D eigenvalue weighted by Crippen LogP contribution is 2.28. The van der Waals surface area contributed by atoms with E-state index in [1.807, 2.05) is 31.2 Å². The molecule has 0 fully saturated rings. The van der Waals surface area contributed by atoms with Crippen LogP contribution in [0.1, 0.15) is 25.5 Å². The van der Waals surface area contributed by atoms with Gasteiger partial charge in [-0.2, -0.15) is 0 Å². The number of nitrogens with zero attached hydrogens (tertiary/aromatic N) is 2. The topological polar surface area (TPSA) is 54.9 Å². The fourth-order valence-corrected chi connectivity index (χ4v) is 4.54. The van der Waals surface area contributed by atoms with Crippen molar-refractivity contribution in [1.82, 2.24) is 15.5 Å². The lowest BCUT2D eigenvalue weighted by Gasteiger charge is -2.13. The second-order valence-corrected chi connectivity index (χ2v) is 8.54. The predicted octanol–water partition coefficient (Wildman–Crippen LogP) is 4.27. The molecule has 2 aromatic rings. The third-order valence-electron chi connectivity index (χ3n) is 2.73. The van der Waals surface area contributed by atoms with Crippen LogP contribution in [0.25, 0.3) is 0 Å². The van der Waals surface area contributed by atoms with Gasteiger partial charge in [0.1, 0.15) is 0 Å². The van der Waals surface area contributed by atoms with E-state index < -0.39 is 0 Å². The summed E-state index contributed by atoms with van der Waals surface area (Å²) in [5, 5.41) is 11.8. The van der Waals surface area contributed by atoms with Gasteiger partial charge < -0.3 is 5.32 Å². The second kappa shape index (κ2) is 8.76. The number of carbonyl (C=O) groups excluding carboxylic acids is 1. The largest absolute Gasteiger partial charge is 0.349 e. The van der Waals surface area contributed by atoms with Crippen LogP contribution in [0.4, 0.5) is 0 Å². The number of benzene rings is 1. The Hall–Kier alpha value is -0.760. The smallest absolute Gasteiger partial charge is 0.230 e. The number of amides is 1. The molecule has 0 unspecified atom stereocenters. The number of halogens is 1. The van der Waals surface area contributed by atoms with Crippen molar-refractivity contribution in [1.29, 1.82) is 0 Å². The minimum atomic E-state index is -0.0500. The second-order valence-electron chi connectivity index (χ2n) is 4.40. The summed E-state index contributed by atoms with van der Waals surface area (Å²) < 4.78 is 1.77. The Morgan fingerprint density at radius 2 is 1.91 bits per heavy atom. The van der Waals surface area contributed by atoms with Crippen LogP contribution < -0.4 is 5.32 Å². The highest BCUT2D eigenvalue weighted by molar-refractivity contribution is 8.03. The monoisotopic (exact) mass is 373 g/mol. The molecule has 1 amide bonds. The Kier molecular flexibility index (Phi) is 7.01. The van der Waals surface area contributed by atoms with E-state index >= 15 is 0 Å². The summed E-state index contributed by atoms with van der Waals surface area (Å²) in [7, 11) is 0. The Morgan fingerprint density at radius 3 is 2.55 bits per heavy atom. The van der Waals surface area contributed by atoms with E-state index in [0.29, 0.717) is 10.8 Å². The number of thioether (sulfide) groups is 2. The fourth-order valence-electron chi connectivity index (χ4n) is 1.68. The average molecular weight is 374 g/mol. The highest BCUT2D eigenvalue weighted by atomic mass is 35.5. The Labute approximate surface area is 147 Å². The minimum Gasteiger partial charge on any atom is -0.349 e. The Balaban J connectivity index is 1.80. The van der Waals surface area contributed by atoms with Crippen LogP contribution in [0.3, 0.4) is 0 Å². The van der Waals surface area contributed by atoms with Gasteiger partial charge in [-0.1, -0.05) is 65.5 Å². The van der Waals surface area contributed by atoms with E-state index in [9.17, 15) is 4.79 Å². The first kappa shape index (κ1) is 17.6. The van der Waals surface area contributed by atoms with Crippen LogP contribution in [0.2, 0.25) is 5.02 Å². The summed E-state index contributed by atoms with van der Waals surface area (Å²) in [6, 6.07) is 7.43. The highest BCUT2D eigenvalue weighted by Gasteiger charge is 2.12. The lowest BCUT2D eigenvalue weighted by atomic mass is 10.1. The molecule has 1 atom stereocenters. The number of rotatable bonds is 7. The lowest BCUT2D eigenvalue weighted by molar-refractivity contribution is -0.119. The van der Waals surface area contributed by atoms with Crippen molar-refractivity contribution in [3.63, 3.8) is 0 Å². The van der Waals surface area contributed by atoms with Gasteiger partial charge >= 0.3 is 0 Å². The van der Waals surface area contributed by atoms with Crippen molar-refractivity contribution in [2.24, 2.45) is 0 Å². The van der Waals surface area contributed by atoms with Crippen molar-refractivity contribution >= 4 is 52.4 Å². The quantitative estimate of drug-likeness (QED) is 0.734. The SMILES string of the molecule is CCSc1nnc(SCC(=O)N[C@@H](C)c2ccc(Cl)cc2)s1. The summed E-state index contributed by atoms with van der Waals surface area (Å²) in [5.41, 5.74) is 1.03. The zero-order valence-corrected chi connectivity index (χ0v) is 15.4. The van der Waals surface area contributed by atoms with Crippen LogP contribution in [-0.2, 0) is 4.79 Å². The van der Waals surface area contributed by atoms with Gasteiger partial charge in [0.05, 0.1) is 11.8 Å². The Bertz CT molecular complexity index is 618. The maximum atomic E-state index is 12.0. The minimum absolute atomic E-state index is 0.0210. The van der Waals surface area contributed by atoms with E-state index in [-0.39, 0.29) is 11.9 Å². The van der Waals surface area contributed by atoms with E-state index in [0.717, 1.165) is 20.0 Å². The molecule has 2 rings (SSSR count). The standard InChI is InChI=1S/C14H16ClN3OS3/c1-3-20-13-17-18-14(22-13)21-8-12(19)16-9(2)10-4-6-11(15)7-5-10/h4-7,9H,3,8H2,1-2H3,(H,16,19)/t9-/m0/s1. The zero-order chi connectivity index (χ0) is 15.9. The number of hydrogen-bond donors (Lipinski definition) is 1. The zero-order valence-electron chi connectivity index (χ0n) is 12.2. The summed E-state index contributed by atoms with van der Waals surface area (Å²) >= 11 is 10.5. The van der Waals surface area contributed by atoms with Crippen LogP contribution in [0, 0.1) is 0 Å². The van der Waals surface area contributed by atoms with Gasteiger partial charge in [0.15, 0.2) is 8.68 Å². The van der Waals surface area contributed by atoms with E-state index in [1.165, 1.54) is 23.1 Å². The first-order chi connectivity index (χ1) is 10.6. The van der Waals surface area contributed by atoms with Crippen molar-refractivity contribution in [3.8, 4) is 0 Å². The molecule has 0 bridgehead atoms. The van der Waals surface area contributed by atoms with Gasteiger partial charge in [-0.15, -0.1) is 10.2 Å². The van der Waals surface area contributed by atoms with Gasteiger partial charge in [0, 0.05) is 5.02 Å². The van der Waals surface area contributed by atoms with E-state index in [1.54, 1.807) is 11.8 Å². The van der Waals surface area contributed by atoms with Crippen LogP contribution in [-0.4, -0.2) is 27.6 Å². The van der Waals surface area contributed by atoms with Crippen LogP contribution in [0.15, 0.2) is 32.9 Å². The number of nitrogens with one attached hydrogen (secondary N) is 1. The molecule has 8 heteroatoms. The summed E-state index contributed by atoms with van der Waals surface area (Å²) in [6.45, 7) is 4.03. The molecule has 4 nitrogen and oxygen atoms in total. The average Bonchev–Trinajstić information content (AvgIpc) is 2.94. The number of aromatic nitrogens is 2. The van der Waals surface area contributed by atoms with Gasteiger partial charge in [-0.25, -0.2) is 0 Å². The fraction of sp³-hybridized carbons (Fsp3) is 0.357. The molecule has 1 heterocycles. The van der Waals surface area contributed by atoms with Gasteiger partial charge in [0.2, 0.25) is 5.91 Å². The molecule has 1 N–H and O–H groups in total. The molecule has 0 aliphatic heterocycles. The lowest BCUT2D eigenvalue weighted by Crippen LogP contribution is -2.28. The molecule has 0 radical (unpaired) electrons. The molecule has 0 spiro atoms. The van der Waals surface area contributed by atoms with Gasteiger partial charge in [-0.3, -0.25) is 4.79 Å². The molecule has 1 aromatic heterocycles. The number of hydrogen-bond acceptors (Lipinski definition) is 6. The third-order valence-corrected chi connectivity index (χ3v) is 6.05. The van der Waals surface area contributed by atoms with Crippen molar-refractivity contribution in [3.05, 3.63) is 34.9 Å². The first-order valence-electron chi connectivity index (χ1n) is 6.72. The van der Waals surface area contributed by atoms with Crippen molar-refractivity contribution in [2.75, 3.05) is 11.5 Å². The van der Waals surface area contributed by atoms with Crippen LogP contribution in [0.5, 0.6) is 0 Å². The molecular weight excluding hydrogens is 358 g/mol.